The Bertz CT molecular complexity index is 690. The third-order valence-corrected chi connectivity index (χ3v) is 3.80. The van der Waals surface area contributed by atoms with E-state index in [1.54, 1.807) is 6.07 Å². The first-order valence-electron chi connectivity index (χ1n) is 7.25. The Hall–Kier alpha value is -2.35. The maximum absolute atomic E-state index is 13.4. The topological polar surface area (TPSA) is 84.0 Å². The largest absolute Gasteiger partial charge is 0.324 e. The Labute approximate surface area is 137 Å². The number of aromatic nitrogens is 2. The molecular weight excluding hydrogens is 319 g/mol. The van der Waals surface area contributed by atoms with Gasteiger partial charge in [-0.15, -0.1) is 10.2 Å². The number of nitrogens with zero attached hydrogens (tertiary/aromatic N) is 2. The van der Waals surface area contributed by atoms with Crippen molar-refractivity contribution in [1.82, 2.24) is 10.2 Å². The summed E-state index contributed by atoms with van der Waals surface area (Å²) >= 11 is 1.32. The quantitative estimate of drug-likeness (QED) is 0.814. The Balaban J connectivity index is 1.77. The van der Waals surface area contributed by atoms with E-state index in [1.807, 2.05) is 6.92 Å². The number of para-hydroxylation sites is 1. The molecule has 8 heteroatoms. The van der Waals surface area contributed by atoms with Crippen LogP contribution >= 0.6 is 11.3 Å². The minimum absolute atomic E-state index is 0.0109. The second-order valence-corrected chi connectivity index (χ2v) is 5.89. The zero-order valence-electron chi connectivity index (χ0n) is 12.6. The van der Waals surface area contributed by atoms with Gasteiger partial charge in [-0.2, -0.15) is 0 Å². The Morgan fingerprint density at radius 1 is 1.13 bits per heavy atom. The van der Waals surface area contributed by atoms with Gasteiger partial charge in [-0.1, -0.05) is 30.4 Å². The third kappa shape index (κ3) is 5.41. The molecule has 0 aliphatic rings. The number of benzene rings is 1. The van der Waals surface area contributed by atoms with Crippen LogP contribution in [0.1, 0.15) is 31.2 Å². The molecule has 1 aromatic heterocycles. The number of carbonyl (C=O) groups excluding carboxylic acids is 2. The Morgan fingerprint density at radius 2 is 1.83 bits per heavy atom. The molecule has 0 spiro atoms. The highest BCUT2D eigenvalue weighted by atomic mass is 32.1. The number of aryl methyl sites for hydroxylation is 1. The Morgan fingerprint density at radius 3 is 2.52 bits per heavy atom. The normalized spacial score (nSPS) is 10.3. The van der Waals surface area contributed by atoms with Crippen LogP contribution in [0.15, 0.2) is 24.3 Å². The maximum atomic E-state index is 13.4. The van der Waals surface area contributed by atoms with E-state index in [2.05, 4.69) is 20.8 Å². The molecule has 122 valence electrons. The molecule has 2 amide bonds. The van der Waals surface area contributed by atoms with Gasteiger partial charge in [-0.25, -0.2) is 4.39 Å². The number of hydrogen-bond donors (Lipinski definition) is 2. The average molecular weight is 336 g/mol. The van der Waals surface area contributed by atoms with Gasteiger partial charge in [0.05, 0.1) is 5.69 Å². The molecule has 2 rings (SSSR count). The molecule has 0 atom stereocenters. The number of nitrogens with one attached hydrogen (secondary N) is 2. The van der Waals surface area contributed by atoms with Crippen LogP contribution in [0.5, 0.6) is 0 Å². The highest BCUT2D eigenvalue weighted by Crippen LogP contribution is 2.17. The van der Waals surface area contributed by atoms with Crippen molar-refractivity contribution in [2.45, 2.75) is 32.6 Å². The predicted molar refractivity (Wildman–Crippen MR) is 86.8 cm³/mol. The lowest BCUT2D eigenvalue weighted by molar-refractivity contribution is -0.121. The smallest absolute Gasteiger partial charge is 0.226 e. The fraction of sp³-hybridized carbons (Fsp3) is 0.333. The van der Waals surface area contributed by atoms with Crippen molar-refractivity contribution in [3.8, 4) is 0 Å². The van der Waals surface area contributed by atoms with E-state index in [0.717, 1.165) is 17.8 Å². The first-order valence-corrected chi connectivity index (χ1v) is 8.06. The van der Waals surface area contributed by atoms with E-state index in [1.165, 1.54) is 29.5 Å². The summed E-state index contributed by atoms with van der Waals surface area (Å²) in [6.45, 7) is 2.04. The van der Waals surface area contributed by atoms with Crippen LogP contribution in [0, 0.1) is 5.82 Å². The zero-order valence-corrected chi connectivity index (χ0v) is 13.5. The van der Waals surface area contributed by atoms with Gasteiger partial charge in [0.1, 0.15) is 10.8 Å². The van der Waals surface area contributed by atoms with Crippen LogP contribution in [-0.4, -0.2) is 22.0 Å². The molecule has 0 unspecified atom stereocenters. The van der Waals surface area contributed by atoms with Crippen molar-refractivity contribution in [1.29, 1.82) is 0 Å². The molecule has 0 radical (unpaired) electrons. The van der Waals surface area contributed by atoms with Crippen LogP contribution < -0.4 is 10.6 Å². The molecule has 1 aromatic carbocycles. The summed E-state index contributed by atoms with van der Waals surface area (Å²) in [6, 6.07) is 5.87. The van der Waals surface area contributed by atoms with Crippen LogP contribution in [0.3, 0.4) is 0 Å². The highest BCUT2D eigenvalue weighted by molar-refractivity contribution is 7.15. The average Bonchev–Trinajstić information content (AvgIpc) is 2.95. The molecule has 2 aromatic rings. The van der Waals surface area contributed by atoms with Crippen molar-refractivity contribution in [3.63, 3.8) is 0 Å². The van der Waals surface area contributed by atoms with Gasteiger partial charge in [-0.3, -0.25) is 9.59 Å². The second-order valence-electron chi connectivity index (χ2n) is 4.83. The van der Waals surface area contributed by atoms with E-state index in [0.29, 0.717) is 5.13 Å². The standard InChI is InChI=1S/C15H17FN4O2S/c1-2-5-14-19-20-15(23-14)18-13(22)9-8-12(21)17-11-7-4-3-6-10(11)16/h3-4,6-7H,2,5,8-9H2,1H3,(H,17,21)(H,18,20,22). The lowest BCUT2D eigenvalue weighted by atomic mass is 10.2. The third-order valence-electron chi connectivity index (χ3n) is 2.90. The fourth-order valence-electron chi connectivity index (χ4n) is 1.80. The van der Waals surface area contributed by atoms with Crippen LogP contribution in [0.25, 0.3) is 0 Å². The first kappa shape index (κ1) is 17.0. The minimum atomic E-state index is -0.511. The number of carbonyl (C=O) groups is 2. The van der Waals surface area contributed by atoms with Gasteiger partial charge in [-0.05, 0) is 18.6 Å². The molecule has 0 fully saturated rings. The monoisotopic (exact) mass is 336 g/mol. The summed E-state index contributed by atoms with van der Waals surface area (Å²) in [6.07, 6.45) is 1.72. The summed E-state index contributed by atoms with van der Waals surface area (Å²) in [7, 11) is 0. The van der Waals surface area contributed by atoms with E-state index in [9.17, 15) is 14.0 Å². The summed E-state index contributed by atoms with van der Waals surface area (Å²) in [5.74, 6) is -1.26. The van der Waals surface area contributed by atoms with Gasteiger partial charge in [0.25, 0.3) is 0 Å². The number of amides is 2. The molecule has 2 N–H and O–H groups in total. The Kier molecular flexibility index (Phi) is 6.16. The van der Waals surface area contributed by atoms with Crippen LogP contribution in [0.2, 0.25) is 0 Å². The molecule has 6 nitrogen and oxygen atoms in total. The van der Waals surface area contributed by atoms with Crippen molar-refractivity contribution in [2.24, 2.45) is 0 Å². The van der Waals surface area contributed by atoms with E-state index < -0.39 is 11.7 Å². The number of hydrogen-bond acceptors (Lipinski definition) is 5. The van der Waals surface area contributed by atoms with Gasteiger partial charge in [0, 0.05) is 19.3 Å². The second kappa shape index (κ2) is 8.33. The number of halogens is 1. The molecule has 0 bridgehead atoms. The first-order chi connectivity index (χ1) is 11.1. The van der Waals surface area contributed by atoms with E-state index in [-0.39, 0.29) is 24.4 Å². The van der Waals surface area contributed by atoms with Gasteiger partial charge >= 0.3 is 0 Å². The van der Waals surface area contributed by atoms with Crippen molar-refractivity contribution >= 4 is 34.0 Å². The number of rotatable bonds is 7. The lowest BCUT2D eigenvalue weighted by Crippen LogP contribution is -2.17. The molecule has 0 aliphatic carbocycles. The summed E-state index contributed by atoms with van der Waals surface area (Å²) < 4.78 is 13.4. The fourth-order valence-corrected chi connectivity index (χ4v) is 2.66. The number of anilines is 2. The summed E-state index contributed by atoms with van der Waals surface area (Å²) in [4.78, 5) is 23.5. The molecule has 0 aliphatic heterocycles. The van der Waals surface area contributed by atoms with E-state index >= 15 is 0 Å². The highest BCUT2D eigenvalue weighted by Gasteiger charge is 2.11. The van der Waals surface area contributed by atoms with Crippen molar-refractivity contribution < 1.29 is 14.0 Å². The summed E-state index contributed by atoms with van der Waals surface area (Å²) in [5.41, 5.74) is 0.103. The van der Waals surface area contributed by atoms with Gasteiger partial charge in [0.15, 0.2) is 0 Å². The lowest BCUT2D eigenvalue weighted by Gasteiger charge is -2.05. The van der Waals surface area contributed by atoms with Gasteiger partial charge in [0.2, 0.25) is 16.9 Å². The predicted octanol–water partition coefficient (Wildman–Crippen LogP) is 2.99. The van der Waals surface area contributed by atoms with Gasteiger partial charge < -0.3 is 10.6 Å². The van der Waals surface area contributed by atoms with Crippen molar-refractivity contribution in [2.75, 3.05) is 10.6 Å². The van der Waals surface area contributed by atoms with Crippen LogP contribution in [0.4, 0.5) is 15.2 Å². The molecular formula is C15H17FN4O2S. The van der Waals surface area contributed by atoms with Crippen LogP contribution in [-0.2, 0) is 16.0 Å². The SMILES string of the molecule is CCCc1nnc(NC(=O)CCC(=O)Nc2ccccc2F)s1. The maximum Gasteiger partial charge on any atom is 0.226 e. The molecule has 0 saturated carbocycles. The molecule has 23 heavy (non-hydrogen) atoms. The van der Waals surface area contributed by atoms with E-state index in [4.69, 9.17) is 0 Å². The molecule has 0 saturated heterocycles. The molecule has 1 heterocycles. The zero-order chi connectivity index (χ0) is 16.7. The summed E-state index contributed by atoms with van der Waals surface area (Å²) in [5, 5.41) is 14.1. The minimum Gasteiger partial charge on any atom is -0.324 e. The van der Waals surface area contributed by atoms with Crippen molar-refractivity contribution in [3.05, 3.63) is 35.1 Å².